The van der Waals surface area contributed by atoms with Gasteiger partial charge in [-0.1, -0.05) is 41.9 Å². The number of imide groups is 1. The molecule has 31 heavy (non-hydrogen) atoms. The molecule has 1 atom stereocenters. The number of hydrogen-bond acceptors (Lipinski definition) is 4. The molecule has 0 radical (unpaired) electrons. The highest BCUT2D eigenvalue weighted by Gasteiger charge is 2.40. The lowest BCUT2D eigenvalue weighted by Gasteiger charge is -2.14. The van der Waals surface area contributed by atoms with Crippen molar-refractivity contribution in [1.82, 2.24) is 0 Å². The Labute approximate surface area is 189 Å². The average molecular weight is 451 g/mol. The quantitative estimate of drug-likeness (QED) is 0.540. The van der Waals surface area contributed by atoms with Crippen molar-refractivity contribution in [2.45, 2.75) is 23.0 Å². The molecular formula is C24H19ClN2O3S. The molecule has 156 valence electrons. The standard InChI is InChI=1S/C24H19ClN2O3S/c25-17-8-6-16(7-9-17)14-22(28)26-18-10-12-20(13-11-18)31-21-15-23(29)27(24(21)30)19-4-2-1-3-5-19/h1-13,21H,14-15H2,(H,26,28)/t21-/m0/s1. The minimum absolute atomic E-state index is 0.127. The number of para-hydroxylation sites is 1. The van der Waals surface area contributed by atoms with Crippen LogP contribution in [-0.4, -0.2) is 23.0 Å². The molecule has 0 aliphatic carbocycles. The number of nitrogens with one attached hydrogen (secondary N) is 1. The van der Waals surface area contributed by atoms with Crippen LogP contribution in [0.2, 0.25) is 5.02 Å². The maximum absolute atomic E-state index is 12.7. The fraction of sp³-hybridized carbons (Fsp3) is 0.125. The number of carbonyl (C=O) groups excluding carboxylic acids is 3. The molecule has 1 heterocycles. The minimum atomic E-state index is -0.460. The number of rotatable bonds is 6. The predicted molar refractivity (Wildman–Crippen MR) is 123 cm³/mol. The first-order chi connectivity index (χ1) is 15.0. The van der Waals surface area contributed by atoms with Crippen LogP contribution in [0.5, 0.6) is 0 Å². The highest BCUT2D eigenvalue weighted by atomic mass is 35.5. The highest BCUT2D eigenvalue weighted by molar-refractivity contribution is 8.00. The zero-order valence-electron chi connectivity index (χ0n) is 16.5. The number of carbonyl (C=O) groups is 3. The van der Waals surface area contributed by atoms with Crippen molar-refractivity contribution in [2.24, 2.45) is 0 Å². The van der Waals surface area contributed by atoms with E-state index in [-0.39, 0.29) is 30.6 Å². The number of anilines is 2. The van der Waals surface area contributed by atoms with Crippen LogP contribution in [-0.2, 0) is 20.8 Å². The van der Waals surface area contributed by atoms with E-state index in [1.807, 2.05) is 30.3 Å². The maximum Gasteiger partial charge on any atom is 0.247 e. The van der Waals surface area contributed by atoms with E-state index >= 15 is 0 Å². The van der Waals surface area contributed by atoms with Gasteiger partial charge in [0.15, 0.2) is 0 Å². The van der Waals surface area contributed by atoms with E-state index in [1.54, 1.807) is 48.5 Å². The lowest BCUT2D eigenvalue weighted by Crippen LogP contribution is -2.30. The molecule has 1 aliphatic rings. The molecule has 1 saturated heterocycles. The second kappa shape index (κ2) is 9.37. The summed E-state index contributed by atoms with van der Waals surface area (Å²) < 4.78 is 0. The van der Waals surface area contributed by atoms with Gasteiger partial charge in [0, 0.05) is 22.0 Å². The van der Waals surface area contributed by atoms with Gasteiger partial charge in [0.05, 0.1) is 17.4 Å². The summed E-state index contributed by atoms with van der Waals surface area (Å²) >= 11 is 7.22. The van der Waals surface area contributed by atoms with E-state index in [4.69, 9.17) is 11.6 Å². The Bertz CT molecular complexity index is 1100. The van der Waals surface area contributed by atoms with Gasteiger partial charge >= 0.3 is 0 Å². The van der Waals surface area contributed by atoms with E-state index in [1.165, 1.54) is 16.7 Å². The van der Waals surface area contributed by atoms with Gasteiger partial charge in [-0.05, 0) is 54.1 Å². The third kappa shape index (κ3) is 5.16. The zero-order chi connectivity index (χ0) is 21.8. The number of thioether (sulfide) groups is 1. The summed E-state index contributed by atoms with van der Waals surface area (Å²) in [4.78, 5) is 39.5. The molecule has 4 rings (SSSR count). The number of amides is 3. The Morgan fingerprint density at radius 3 is 2.32 bits per heavy atom. The first-order valence-corrected chi connectivity index (χ1v) is 11.0. The Morgan fingerprint density at radius 2 is 1.65 bits per heavy atom. The van der Waals surface area contributed by atoms with Crippen molar-refractivity contribution in [1.29, 1.82) is 0 Å². The van der Waals surface area contributed by atoms with Crippen LogP contribution >= 0.6 is 23.4 Å². The lowest BCUT2D eigenvalue weighted by atomic mass is 10.1. The molecule has 0 aromatic heterocycles. The SMILES string of the molecule is O=C(Cc1ccc(Cl)cc1)Nc1ccc(S[C@H]2CC(=O)N(c3ccccc3)C2=O)cc1. The van der Waals surface area contributed by atoms with Crippen LogP contribution in [0.25, 0.3) is 0 Å². The topological polar surface area (TPSA) is 66.5 Å². The van der Waals surface area contributed by atoms with Crippen molar-refractivity contribution >= 4 is 52.5 Å². The van der Waals surface area contributed by atoms with Gasteiger partial charge in [0.25, 0.3) is 0 Å². The predicted octanol–water partition coefficient (Wildman–Crippen LogP) is 4.95. The van der Waals surface area contributed by atoms with Crippen LogP contribution in [0.15, 0.2) is 83.8 Å². The molecule has 5 nitrogen and oxygen atoms in total. The third-order valence-electron chi connectivity index (χ3n) is 4.81. The monoisotopic (exact) mass is 450 g/mol. The molecule has 1 aliphatic heterocycles. The first kappa shape index (κ1) is 21.2. The average Bonchev–Trinajstić information content (AvgIpc) is 3.04. The normalized spacial score (nSPS) is 15.9. The van der Waals surface area contributed by atoms with Crippen LogP contribution in [0.4, 0.5) is 11.4 Å². The second-order valence-electron chi connectivity index (χ2n) is 7.09. The maximum atomic E-state index is 12.7. The third-order valence-corrected chi connectivity index (χ3v) is 6.26. The Balaban J connectivity index is 1.35. The fourth-order valence-corrected chi connectivity index (χ4v) is 4.50. The van der Waals surface area contributed by atoms with E-state index < -0.39 is 5.25 Å². The van der Waals surface area contributed by atoms with Gasteiger partial charge in [-0.25, -0.2) is 4.90 Å². The van der Waals surface area contributed by atoms with E-state index in [9.17, 15) is 14.4 Å². The van der Waals surface area contributed by atoms with Crippen LogP contribution in [0.3, 0.4) is 0 Å². The fourth-order valence-electron chi connectivity index (χ4n) is 3.32. The van der Waals surface area contributed by atoms with E-state index in [2.05, 4.69) is 5.32 Å². The highest BCUT2D eigenvalue weighted by Crippen LogP contribution is 2.34. The summed E-state index contributed by atoms with van der Waals surface area (Å²) in [5, 5.41) is 3.03. The summed E-state index contributed by atoms with van der Waals surface area (Å²) in [6, 6.07) is 23.4. The second-order valence-corrected chi connectivity index (χ2v) is 8.80. The van der Waals surface area contributed by atoms with Gasteiger partial charge in [0.1, 0.15) is 0 Å². The van der Waals surface area contributed by atoms with Crippen LogP contribution < -0.4 is 10.2 Å². The van der Waals surface area contributed by atoms with E-state index in [0.717, 1.165) is 10.5 Å². The number of benzene rings is 3. The molecule has 3 aromatic rings. The molecule has 7 heteroatoms. The van der Waals surface area contributed by atoms with Crippen molar-refractivity contribution in [3.8, 4) is 0 Å². The van der Waals surface area contributed by atoms with Crippen molar-refractivity contribution in [3.63, 3.8) is 0 Å². The smallest absolute Gasteiger partial charge is 0.247 e. The summed E-state index contributed by atoms with van der Waals surface area (Å²) in [5.41, 5.74) is 2.14. The Morgan fingerprint density at radius 1 is 0.968 bits per heavy atom. The van der Waals surface area contributed by atoms with Gasteiger partial charge in [0.2, 0.25) is 17.7 Å². The number of hydrogen-bond donors (Lipinski definition) is 1. The molecule has 3 amide bonds. The Kier molecular flexibility index (Phi) is 6.39. The first-order valence-electron chi connectivity index (χ1n) is 9.72. The molecule has 3 aromatic carbocycles. The Hall–Kier alpha value is -3.09. The molecule has 0 saturated carbocycles. The van der Waals surface area contributed by atoms with Crippen molar-refractivity contribution < 1.29 is 14.4 Å². The van der Waals surface area contributed by atoms with Crippen LogP contribution in [0, 0.1) is 0 Å². The summed E-state index contributed by atoms with van der Waals surface area (Å²) in [6.45, 7) is 0. The summed E-state index contributed by atoms with van der Waals surface area (Å²) in [6.07, 6.45) is 0.416. The number of halogens is 1. The van der Waals surface area contributed by atoms with Gasteiger partial charge in [-0.3, -0.25) is 14.4 Å². The minimum Gasteiger partial charge on any atom is -0.326 e. The lowest BCUT2D eigenvalue weighted by molar-refractivity contribution is -0.121. The van der Waals surface area contributed by atoms with Gasteiger partial charge in [-0.2, -0.15) is 0 Å². The zero-order valence-corrected chi connectivity index (χ0v) is 18.0. The van der Waals surface area contributed by atoms with Crippen molar-refractivity contribution in [2.75, 3.05) is 10.2 Å². The van der Waals surface area contributed by atoms with Gasteiger partial charge in [-0.15, -0.1) is 11.8 Å². The molecule has 1 fully saturated rings. The molecular weight excluding hydrogens is 432 g/mol. The van der Waals surface area contributed by atoms with E-state index in [0.29, 0.717) is 16.4 Å². The van der Waals surface area contributed by atoms with Crippen LogP contribution in [0.1, 0.15) is 12.0 Å². The summed E-state index contributed by atoms with van der Waals surface area (Å²) in [5.74, 6) is -0.529. The van der Waals surface area contributed by atoms with Crippen molar-refractivity contribution in [3.05, 3.63) is 89.4 Å². The van der Waals surface area contributed by atoms with Gasteiger partial charge < -0.3 is 5.32 Å². The summed E-state index contributed by atoms with van der Waals surface area (Å²) in [7, 11) is 0. The number of nitrogens with zero attached hydrogens (tertiary/aromatic N) is 1. The molecule has 0 unspecified atom stereocenters. The molecule has 0 spiro atoms. The largest absolute Gasteiger partial charge is 0.326 e. The molecule has 0 bridgehead atoms. The molecule has 1 N–H and O–H groups in total.